The molecule has 0 saturated carbocycles. The van der Waals surface area contributed by atoms with Crippen molar-refractivity contribution < 1.29 is 4.74 Å². The van der Waals surface area contributed by atoms with E-state index >= 15 is 0 Å². The van der Waals surface area contributed by atoms with Crippen molar-refractivity contribution in [2.45, 2.75) is 6.61 Å². The summed E-state index contributed by atoms with van der Waals surface area (Å²) in [5.41, 5.74) is 17.1. The number of H-pyrrole nitrogens is 2. The van der Waals surface area contributed by atoms with Crippen molar-refractivity contribution in [1.29, 1.82) is 0 Å². The second-order valence-corrected chi connectivity index (χ2v) is 12.7. The highest BCUT2D eigenvalue weighted by atomic mass is 16.5. The van der Waals surface area contributed by atoms with Crippen LogP contribution in [0.5, 0.6) is 0 Å². The number of ether oxygens (including phenoxy) is 1. The largest absolute Gasteiger partial charge is 0.380 e. The summed E-state index contributed by atoms with van der Waals surface area (Å²) in [5, 5.41) is 0. The van der Waals surface area contributed by atoms with Crippen LogP contribution in [0.1, 0.15) is 28.3 Å². The number of methoxy groups -OCH3 is 1. The van der Waals surface area contributed by atoms with E-state index in [2.05, 4.69) is 156 Å². The van der Waals surface area contributed by atoms with Crippen molar-refractivity contribution in [2.24, 2.45) is 0 Å². The summed E-state index contributed by atoms with van der Waals surface area (Å²) in [6.07, 6.45) is 8.53. The molecule has 5 heterocycles. The molecule has 5 heteroatoms. The second-order valence-electron chi connectivity index (χ2n) is 12.7. The Bertz CT molecular complexity index is 2580. The number of nitrogens with zero attached hydrogens (tertiary/aromatic N) is 2. The van der Waals surface area contributed by atoms with Crippen molar-refractivity contribution in [3.05, 3.63) is 168 Å². The lowest BCUT2D eigenvalue weighted by Gasteiger charge is -2.07. The zero-order valence-electron chi connectivity index (χ0n) is 28.1. The zero-order valence-corrected chi connectivity index (χ0v) is 28.1. The van der Waals surface area contributed by atoms with Gasteiger partial charge < -0.3 is 14.7 Å². The molecular weight excluding hydrogens is 625 g/mol. The lowest BCUT2D eigenvalue weighted by molar-refractivity contribution is 0.185. The zero-order chi connectivity index (χ0) is 34.1. The molecule has 2 N–H and O–H groups in total. The lowest BCUT2D eigenvalue weighted by Crippen LogP contribution is -1.90. The first-order chi connectivity index (χ1) is 25.2. The summed E-state index contributed by atoms with van der Waals surface area (Å²) in [5.74, 6) is 0. The fourth-order valence-electron chi connectivity index (χ4n) is 7.17. The summed E-state index contributed by atoms with van der Waals surface area (Å²) < 4.78 is 5.41. The molecular formula is C46H34N4O. The average molecular weight is 659 g/mol. The Hall–Kier alpha value is -6.56. The smallest absolute Gasteiger partial charge is 0.0737 e. The van der Waals surface area contributed by atoms with E-state index in [0.717, 1.165) is 94.9 Å². The third-order valence-electron chi connectivity index (χ3n) is 9.49. The standard InChI is InChI=1S/C46H34N4O/c1-51-29-30-17-19-34(20-18-30)46-41-27-25-39(49-41)44(32-13-7-3-8-14-32)37-23-21-35(47-37)43(31-11-5-2-6-12-31)36-22-24-38(48-36)45(33-15-9-4-10-16-33)40-26-28-42(46)50-40/h2-28,47,50H,29H2,1H3. The number of nitrogens with one attached hydrogen (secondary N) is 2. The van der Waals surface area contributed by atoms with Crippen molar-refractivity contribution >= 4 is 46.4 Å². The van der Waals surface area contributed by atoms with Crippen LogP contribution in [-0.4, -0.2) is 27.0 Å². The molecule has 8 bridgehead atoms. The third-order valence-corrected chi connectivity index (χ3v) is 9.49. The molecule has 0 unspecified atom stereocenters. The number of aromatic amines is 2. The molecule has 0 spiro atoms. The Morgan fingerprint density at radius 3 is 1.02 bits per heavy atom. The molecule has 0 saturated heterocycles. The van der Waals surface area contributed by atoms with Gasteiger partial charge in [-0.15, -0.1) is 0 Å². The molecule has 244 valence electrons. The molecule has 7 aromatic rings. The van der Waals surface area contributed by atoms with E-state index in [1.807, 2.05) is 18.2 Å². The van der Waals surface area contributed by atoms with Crippen molar-refractivity contribution in [3.8, 4) is 44.5 Å². The first-order valence-corrected chi connectivity index (χ1v) is 17.1. The fraction of sp³-hybridized carbons (Fsp3) is 0.0435. The number of aromatic nitrogens is 4. The molecule has 0 radical (unpaired) electrons. The third kappa shape index (κ3) is 5.70. The molecule has 3 aromatic heterocycles. The predicted octanol–water partition coefficient (Wildman–Crippen LogP) is 11.5. The average Bonchev–Trinajstić information content (AvgIpc) is 4.02. The van der Waals surface area contributed by atoms with Crippen LogP contribution >= 0.6 is 0 Å². The normalized spacial score (nSPS) is 12.0. The Labute approximate surface area is 296 Å². The number of hydrogen-bond donors (Lipinski definition) is 2. The van der Waals surface area contributed by atoms with E-state index in [0.29, 0.717) is 6.61 Å². The van der Waals surface area contributed by atoms with E-state index in [9.17, 15) is 0 Å². The van der Waals surface area contributed by atoms with E-state index in [4.69, 9.17) is 14.7 Å². The Kier molecular flexibility index (Phi) is 7.80. The number of rotatable bonds is 6. The highest BCUT2D eigenvalue weighted by molar-refractivity contribution is 5.99. The SMILES string of the molecule is COCc1ccc(-c2c3nc(c(-c4ccccc4)c4ccc([nH]4)c(-c4ccccc4)c4nc(c(-c5ccccc5)c5ccc2[nH]5)C=C4)C=C3)cc1. The maximum absolute atomic E-state index is 5.41. The molecule has 5 nitrogen and oxygen atoms in total. The van der Waals surface area contributed by atoms with Gasteiger partial charge in [-0.3, -0.25) is 0 Å². The molecule has 0 atom stereocenters. The highest BCUT2D eigenvalue weighted by Crippen LogP contribution is 2.38. The Balaban J connectivity index is 1.45. The van der Waals surface area contributed by atoms with Crippen molar-refractivity contribution in [3.63, 3.8) is 0 Å². The lowest BCUT2D eigenvalue weighted by atomic mass is 10.0. The summed E-state index contributed by atoms with van der Waals surface area (Å²) in [6.45, 7) is 0.558. The molecule has 2 aliphatic heterocycles. The number of benzene rings is 4. The molecule has 2 aliphatic rings. The van der Waals surface area contributed by atoms with Crippen LogP contribution in [0.15, 0.2) is 140 Å². The number of hydrogen-bond acceptors (Lipinski definition) is 3. The van der Waals surface area contributed by atoms with Gasteiger partial charge in [-0.1, -0.05) is 115 Å². The first kappa shape index (κ1) is 30.5. The monoisotopic (exact) mass is 658 g/mol. The minimum atomic E-state index is 0.558. The fourth-order valence-corrected chi connectivity index (χ4v) is 7.17. The van der Waals surface area contributed by atoms with Crippen LogP contribution in [0.25, 0.3) is 90.9 Å². The summed E-state index contributed by atoms with van der Waals surface area (Å²) in [7, 11) is 1.72. The van der Waals surface area contributed by atoms with Gasteiger partial charge >= 0.3 is 0 Å². The van der Waals surface area contributed by atoms with Crippen molar-refractivity contribution in [1.82, 2.24) is 19.9 Å². The maximum atomic E-state index is 5.41. The quantitative estimate of drug-likeness (QED) is 0.187. The predicted molar refractivity (Wildman–Crippen MR) is 211 cm³/mol. The van der Waals surface area contributed by atoms with E-state index in [1.165, 1.54) is 0 Å². The van der Waals surface area contributed by atoms with Gasteiger partial charge in [0.15, 0.2) is 0 Å². The van der Waals surface area contributed by atoms with Gasteiger partial charge in [-0.2, -0.15) is 0 Å². The molecule has 4 aromatic carbocycles. The summed E-state index contributed by atoms with van der Waals surface area (Å²) in [6, 6.07) is 48.7. The first-order valence-electron chi connectivity index (χ1n) is 17.1. The highest BCUT2D eigenvalue weighted by Gasteiger charge is 2.18. The van der Waals surface area contributed by atoms with Crippen LogP contribution < -0.4 is 0 Å². The van der Waals surface area contributed by atoms with E-state index < -0.39 is 0 Å². The molecule has 0 fully saturated rings. The molecule has 51 heavy (non-hydrogen) atoms. The van der Waals surface area contributed by atoms with Gasteiger partial charge in [0.05, 0.1) is 29.4 Å². The number of fused-ring (bicyclic) bond motifs is 8. The topological polar surface area (TPSA) is 66.6 Å². The Morgan fingerprint density at radius 1 is 0.392 bits per heavy atom. The van der Waals surface area contributed by atoms with Gasteiger partial charge in [-0.05, 0) is 76.4 Å². The van der Waals surface area contributed by atoms with Gasteiger partial charge in [0.1, 0.15) is 0 Å². The minimum Gasteiger partial charge on any atom is -0.380 e. The van der Waals surface area contributed by atoms with E-state index in [-0.39, 0.29) is 0 Å². The van der Waals surface area contributed by atoms with Gasteiger partial charge in [0.2, 0.25) is 0 Å². The van der Waals surface area contributed by atoms with Crippen LogP contribution in [0.2, 0.25) is 0 Å². The summed E-state index contributed by atoms with van der Waals surface area (Å²) >= 11 is 0. The summed E-state index contributed by atoms with van der Waals surface area (Å²) in [4.78, 5) is 18.4. The van der Waals surface area contributed by atoms with Crippen LogP contribution in [-0.2, 0) is 11.3 Å². The molecule has 0 aliphatic carbocycles. The Morgan fingerprint density at radius 2 is 0.706 bits per heavy atom. The van der Waals surface area contributed by atoms with Crippen LogP contribution in [0.4, 0.5) is 0 Å². The maximum Gasteiger partial charge on any atom is 0.0737 e. The van der Waals surface area contributed by atoms with Crippen LogP contribution in [0, 0.1) is 0 Å². The van der Waals surface area contributed by atoms with Crippen molar-refractivity contribution in [2.75, 3.05) is 7.11 Å². The minimum absolute atomic E-state index is 0.558. The van der Waals surface area contributed by atoms with Gasteiger partial charge in [-0.25, -0.2) is 9.97 Å². The van der Waals surface area contributed by atoms with Crippen LogP contribution in [0.3, 0.4) is 0 Å². The van der Waals surface area contributed by atoms with Gasteiger partial charge in [0, 0.05) is 51.4 Å². The van der Waals surface area contributed by atoms with E-state index in [1.54, 1.807) is 7.11 Å². The molecule has 0 amide bonds. The van der Waals surface area contributed by atoms with Gasteiger partial charge in [0.25, 0.3) is 0 Å². The molecule has 9 rings (SSSR count). The second kappa shape index (κ2) is 13.0.